The maximum absolute atomic E-state index is 10.9. The van der Waals surface area contributed by atoms with Gasteiger partial charge in [-0.2, -0.15) is 0 Å². The van der Waals surface area contributed by atoms with Crippen LogP contribution in [-0.4, -0.2) is 34.4 Å². The maximum atomic E-state index is 10.9. The van der Waals surface area contributed by atoms with E-state index in [2.05, 4.69) is 6.55 Å². The molecule has 0 aliphatic heterocycles. The summed E-state index contributed by atoms with van der Waals surface area (Å²) in [5.74, 6) is -0.125. The van der Waals surface area contributed by atoms with Gasteiger partial charge < -0.3 is 13.6 Å². The van der Waals surface area contributed by atoms with Gasteiger partial charge >= 0.3 is 14.5 Å². The minimum absolute atomic E-state index is 0.125. The minimum Gasteiger partial charge on any atom is -0.466 e. The molecule has 0 aromatic rings. The Morgan fingerprint density at radius 2 is 1.65 bits per heavy atom. The van der Waals surface area contributed by atoms with Gasteiger partial charge in [0.15, 0.2) is 0 Å². The molecule has 0 N–H and O–H groups in total. The monoisotopic (exact) mass is 262 g/mol. The summed E-state index contributed by atoms with van der Waals surface area (Å²) >= 11 is 0. The highest BCUT2D eigenvalue weighted by molar-refractivity contribution is 6.66. The van der Waals surface area contributed by atoms with E-state index in [1.807, 2.05) is 13.8 Å². The van der Waals surface area contributed by atoms with Gasteiger partial charge in [0.05, 0.1) is 6.61 Å². The molecule has 0 spiro atoms. The van der Waals surface area contributed by atoms with E-state index in [9.17, 15) is 4.79 Å². The lowest BCUT2D eigenvalue weighted by molar-refractivity contribution is -0.143. The third-order valence-electron chi connectivity index (χ3n) is 2.48. The highest BCUT2D eigenvalue weighted by Crippen LogP contribution is 2.17. The number of hydrogen-bond donors (Lipinski definition) is 0. The van der Waals surface area contributed by atoms with Crippen LogP contribution in [-0.2, 0) is 18.4 Å². The Morgan fingerprint density at radius 3 is 2.12 bits per heavy atom. The molecule has 0 radical (unpaired) electrons. The van der Waals surface area contributed by atoms with E-state index in [1.54, 1.807) is 6.92 Å². The van der Waals surface area contributed by atoms with E-state index in [-0.39, 0.29) is 5.97 Å². The van der Waals surface area contributed by atoms with Crippen LogP contribution in [0.4, 0.5) is 0 Å². The summed E-state index contributed by atoms with van der Waals surface area (Å²) in [5, 5.41) is 0. The Bertz CT molecular complexity index is 203. The van der Waals surface area contributed by atoms with Gasteiger partial charge in [0, 0.05) is 19.6 Å². The Morgan fingerprint density at radius 1 is 1.06 bits per heavy atom. The zero-order valence-electron chi connectivity index (χ0n) is 11.6. The van der Waals surface area contributed by atoms with E-state index in [0.29, 0.717) is 26.2 Å². The van der Waals surface area contributed by atoms with Gasteiger partial charge in [-0.1, -0.05) is 6.92 Å². The third-order valence-corrected chi connectivity index (χ3v) is 5.54. The van der Waals surface area contributed by atoms with Gasteiger partial charge in [0.1, 0.15) is 0 Å². The Balaban J connectivity index is 3.71. The van der Waals surface area contributed by atoms with Crippen LogP contribution in [0.3, 0.4) is 0 Å². The lowest BCUT2D eigenvalue weighted by Crippen LogP contribution is -2.38. The van der Waals surface area contributed by atoms with Gasteiger partial charge in [-0.25, -0.2) is 0 Å². The molecule has 0 aliphatic carbocycles. The van der Waals surface area contributed by atoms with Crippen LogP contribution in [0.1, 0.15) is 40.0 Å². The van der Waals surface area contributed by atoms with Crippen LogP contribution in [0.2, 0.25) is 12.6 Å². The Hall–Kier alpha value is -0.393. The molecule has 0 unspecified atom stereocenters. The zero-order valence-corrected chi connectivity index (χ0v) is 12.6. The molecule has 4 nitrogen and oxygen atoms in total. The molecule has 102 valence electrons. The third kappa shape index (κ3) is 8.35. The first-order valence-corrected chi connectivity index (χ1v) is 9.03. The van der Waals surface area contributed by atoms with Crippen LogP contribution >= 0.6 is 0 Å². The predicted molar refractivity (Wildman–Crippen MR) is 70.2 cm³/mol. The van der Waals surface area contributed by atoms with Crippen LogP contribution in [0.5, 0.6) is 0 Å². The summed E-state index contributed by atoms with van der Waals surface area (Å²) < 4.78 is 16.5. The van der Waals surface area contributed by atoms with Crippen molar-refractivity contribution < 1.29 is 18.4 Å². The number of hydrogen-bond acceptors (Lipinski definition) is 4. The molecule has 0 atom stereocenters. The number of ether oxygens (including phenoxy) is 1. The largest absolute Gasteiger partial charge is 0.466 e. The lowest BCUT2D eigenvalue weighted by atomic mass is 10.3. The molecule has 0 aromatic heterocycles. The van der Waals surface area contributed by atoms with E-state index < -0.39 is 8.56 Å². The quantitative estimate of drug-likeness (QED) is 0.345. The molecule has 0 heterocycles. The summed E-state index contributed by atoms with van der Waals surface area (Å²) in [6, 6.07) is 0.957. The average Bonchev–Trinajstić information content (AvgIpc) is 2.29. The first-order chi connectivity index (χ1) is 8.08. The minimum atomic E-state index is -1.98. The van der Waals surface area contributed by atoms with Crippen LogP contribution < -0.4 is 0 Å². The van der Waals surface area contributed by atoms with Crippen molar-refractivity contribution in [1.82, 2.24) is 0 Å². The number of rotatable bonds is 10. The topological polar surface area (TPSA) is 44.8 Å². The number of carbonyl (C=O) groups excluding carboxylic acids is 1. The smallest absolute Gasteiger partial charge is 0.334 e. The zero-order chi connectivity index (χ0) is 13.1. The molecular formula is C12H26O4Si. The van der Waals surface area contributed by atoms with Crippen molar-refractivity contribution in [3.8, 4) is 0 Å². The first-order valence-electron chi connectivity index (χ1n) is 6.51. The molecule has 0 aliphatic rings. The normalized spacial score (nSPS) is 11.5. The molecule has 0 aromatic carbocycles. The fraction of sp³-hybridized carbons (Fsp3) is 0.917. The van der Waals surface area contributed by atoms with E-state index in [0.717, 1.165) is 18.9 Å². The molecule has 5 heteroatoms. The molecule has 0 saturated carbocycles. The van der Waals surface area contributed by atoms with Crippen molar-refractivity contribution in [3.05, 3.63) is 0 Å². The van der Waals surface area contributed by atoms with Crippen molar-refractivity contribution in [2.75, 3.05) is 19.8 Å². The summed E-state index contributed by atoms with van der Waals surface area (Å²) in [5.41, 5.74) is 0. The van der Waals surface area contributed by atoms with E-state index in [1.165, 1.54) is 0 Å². The molecule has 0 amide bonds. The van der Waals surface area contributed by atoms with Crippen LogP contribution in [0.15, 0.2) is 0 Å². The Labute approximate surface area is 106 Å². The SMILES string of the molecule is CCO[Si](C)(CCCCOC(=O)CC)OCC. The van der Waals surface area contributed by atoms with Crippen molar-refractivity contribution >= 4 is 14.5 Å². The second kappa shape index (κ2) is 9.62. The summed E-state index contributed by atoms with van der Waals surface area (Å²) in [6.45, 7) is 9.80. The lowest BCUT2D eigenvalue weighted by Gasteiger charge is -2.25. The fourth-order valence-corrected chi connectivity index (χ4v) is 4.12. The predicted octanol–water partition coefficient (Wildman–Crippen LogP) is 2.86. The van der Waals surface area contributed by atoms with Gasteiger partial charge in [0.25, 0.3) is 0 Å². The molecule has 0 rings (SSSR count). The molecule has 0 bridgehead atoms. The van der Waals surface area contributed by atoms with Crippen LogP contribution in [0.25, 0.3) is 0 Å². The molecule has 0 fully saturated rings. The summed E-state index contributed by atoms with van der Waals surface area (Å²) in [4.78, 5) is 10.9. The van der Waals surface area contributed by atoms with Crippen LogP contribution in [0, 0.1) is 0 Å². The van der Waals surface area contributed by atoms with E-state index in [4.69, 9.17) is 13.6 Å². The highest BCUT2D eigenvalue weighted by atomic mass is 28.4. The number of carbonyl (C=O) groups is 1. The van der Waals surface area contributed by atoms with Crippen molar-refractivity contribution in [2.45, 2.75) is 52.6 Å². The number of unbranched alkanes of at least 4 members (excludes halogenated alkanes) is 1. The maximum Gasteiger partial charge on any atom is 0.334 e. The first kappa shape index (κ1) is 16.6. The standard InChI is InChI=1S/C12H26O4Si/c1-5-12(13)14-10-8-9-11-17(4,15-6-2)16-7-3/h5-11H2,1-4H3. The highest BCUT2D eigenvalue weighted by Gasteiger charge is 2.29. The van der Waals surface area contributed by atoms with Gasteiger partial charge in [-0.3, -0.25) is 4.79 Å². The fourth-order valence-electron chi connectivity index (χ4n) is 1.63. The molecular weight excluding hydrogens is 236 g/mol. The molecule has 17 heavy (non-hydrogen) atoms. The van der Waals surface area contributed by atoms with Gasteiger partial charge in [-0.15, -0.1) is 0 Å². The Kier molecular flexibility index (Phi) is 9.40. The second-order valence-corrected chi connectivity index (χ2v) is 7.38. The van der Waals surface area contributed by atoms with Gasteiger partial charge in [-0.05, 0) is 39.3 Å². The second-order valence-electron chi connectivity index (χ2n) is 4.03. The molecule has 0 saturated heterocycles. The number of esters is 1. The van der Waals surface area contributed by atoms with Crippen molar-refractivity contribution in [3.63, 3.8) is 0 Å². The van der Waals surface area contributed by atoms with Gasteiger partial charge in [0.2, 0.25) is 0 Å². The summed E-state index contributed by atoms with van der Waals surface area (Å²) in [7, 11) is -1.98. The van der Waals surface area contributed by atoms with E-state index >= 15 is 0 Å². The van der Waals surface area contributed by atoms with Crippen molar-refractivity contribution in [2.24, 2.45) is 0 Å². The average molecular weight is 262 g/mol. The summed E-state index contributed by atoms with van der Waals surface area (Å²) in [6.07, 6.45) is 2.32. The van der Waals surface area contributed by atoms with Crippen molar-refractivity contribution in [1.29, 1.82) is 0 Å².